The molecule has 0 amide bonds. The molecule has 2 N–H and O–H groups in total. The number of rotatable bonds is 2. The number of benzene rings is 1. The second-order valence-corrected chi connectivity index (χ2v) is 3.42. The van der Waals surface area contributed by atoms with E-state index in [1.807, 2.05) is 34.7 Å². The Kier molecular flexibility index (Phi) is 8.16. The molecule has 0 saturated heterocycles. The molecule has 0 fully saturated rings. The first-order chi connectivity index (χ1) is 8.29. The van der Waals surface area contributed by atoms with E-state index < -0.39 is 0 Å². The van der Waals surface area contributed by atoms with Crippen LogP contribution in [0, 0.1) is 6.92 Å². The summed E-state index contributed by atoms with van der Waals surface area (Å²) in [6, 6.07) is 8.65. The molecule has 0 aliphatic carbocycles. The van der Waals surface area contributed by atoms with Gasteiger partial charge >= 0.3 is 0 Å². The van der Waals surface area contributed by atoms with Crippen molar-refractivity contribution < 1.29 is 0 Å². The monoisotopic (exact) mass is 234 g/mol. The molecular weight excluding hydrogens is 208 g/mol. The highest BCUT2D eigenvalue weighted by Crippen LogP contribution is 2.16. The molecule has 0 bridgehead atoms. The van der Waals surface area contributed by atoms with E-state index in [1.165, 1.54) is 22.2 Å². The van der Waals surface area contributed by atoms with Crippen molar-refractivity contribution >= 4 is 10.9 Å². The maximum atomic E-state index is 3.36. The largest absolute Gasteiger partial charge is 0.357 e. The van der Waals surface area contributed by atoms with Gasteiger partial charge in [-0.25, -0.2) is 0 Å². The highest BCUT2D eigenvalue weighted by molar-refractivity contribution is 5.81. The molecule has 0 atom stereocenters. The number of aromatic amines is 1. The maximum absolute atomic E-state index is 3.36. The summed E-state index contributed by atoms with van der Waals surface area (Å²) in [5.41, 5.74) is 3.77. The summed E-state index contributed by atoms with van der Waals surface area (Å²) in [5, 5.41) is 4.42. The van der Waals surface area contributed by atoms with Gasteiger partial charge in [0.1, 0.15) is 0 Å². The highest BCUT2D eigenvalue weighted by atomic mass is 14.9. The molecule has 17 heavy (non-hydrogen) atoms. The Balaban J connectivity index is 0.000000581. The van der Waals surface area contributed by atoms with Crippen LogP contribution in [0.15, 0.2) is 24.3 Å². The zero-order valence-electron chi connectivity index (χ0n) is 12.0. The molecule has 0 radical (unpaired) electrons. The summed E-state index contributed by atoms with van der Waals surface area (Å²) in [4.78, 5) is 3.36. The van der Waals surface area contributed by atoms with Crippen molar-refractivity contribution in [1.82, 2.24) is 10.3 Å². The molecule has 2 aromatic rings. The van der Waals surface area contributed by atoms with Gasteiger partial charge in [0.05, 0.1) is 0 Å². The van der Waals surface area contributed by atoms with E-state index in [2.05, 4.69) is 41.5 Å². The molecular formula is C15H26N2. The van der Waals surface area contributed by atoms with Crippen molar-refractivity contribution in [2.45, 2.75) is 41.2 Å². The topological polar surface area (TPSA) is 27.8 Å². The number of hydrogen-bond donors (Lipinski definition) is 2. The van der Waals surface area contributed by atoms with Gasteiger partial charge in [0.15, 0.2) is 0 Å². The average molecular weight is 234 g/mol. The lowest BCUT2D eigenvalue weighted by Crippen LogP contribution is -2.04. The molecule has 1 aromatic heterocycles. The molecule has 2 rings (SSSR count). The van der Waals surface area contributed by atoms with Gasteiger partial charge in [-0.2, -0.15) is 0 Å². The van der Waals surface area contributed by atoms with Crippen molar-refractivity contribution in [3.63, 3.8) is 0 Å². The molecule has 0 unspecified atom stereocenters. The van der Waals surface area contributed by atoms with E-state index in [0.717, 1.165) is 6.54 Å². The molecule has 0 aliphatic heterocycles. The third kappa shape index (κ3) is 4.61. The second kappa shape index (κ2) is 8.82. The first kappa shape index (κ1) is 15.7. The predicted octanol–water partition coefficient (Wildman–Crippen LogP) is 4.25. The molecule has 0 aliphatic rings. The first-order valence-corrected chi connectivity index (χ1v) is 6.52. The van der Waals surface area contributed by atoms with Crippen molar-refractivity contribution in [2.24, 2.45) is 0 Å². The molecule has 0 saturated carbocycles. The Morgan fingerprint density at radius 3 is 2.29 bits per heavy atom. The molecule has 1 heterocycles. The minimum Gasteiger partial charge on any atom is -0.357 e. The van der Waals surface area contributed by atoms with Crippen molar-refractivity contribution in [1.29, 1.82) is 0 Å². The van der Waals surface area contributed by atoms with Gasteiger partial charge < -0.3 is 10.3 Å². The summed E-state index contributed by atoms with van der Waals surface area (Å²) in [5.74, 6) is 0. The lowest BCUT2D eigenvalue weighted by Gasteiger charge is -1.92. The van der Waals surface area contributed by atoms with Crippen LogP contribution in [0.2, 0.25) is 0 Å². The smallest absolute Gasteiger partial charge is 0.0456 e. The van der Waals surface area contributed by atoms with Crippen molar-refractivity contribution in [2.75, 3.05) is 7.05 Å². The quantitative estimate of drug-likeness (QED) is 0.799. The molecule has 2 nitrogen and oxygen atoms in total. The number of fused-ring (bicyclic) bond motifs is 1. The van der Waals surface area contributed by atoms with Crippen LogP contribution in [0.3, 0.4) is 0 Å². The SMILES string of the molecule is CC.CC.CNCc1cc2cc(C)ccc2[nH]1. The molecule has 96 valence electrons. The van der Waals surface area contributed by atoms with E-state index >= 15 is 0 Å². The second-order valence-electron chi connectivity index (χ2n) is 3.42. The van der Waals surface area contributed by atoms with Crippen molar-refractivity contribution in [3.05, 3.63) is 35.5 Å². The summed E-state index contributed by atoms with van der Waals surface area (Å²) < 4.78 is 0. The number of aryl methyl sites for hydroxylation is 1. The van der Waals surface area contributed by atoms with E-state index in [4.69, 9.17) is 0 Å². The lowest BCUT2D eigenvalue weighted by molar-refractivity contribution is 0.800. The zero-order chi connectivity index (χ0) is 13.3. The van der Waals surface area contributed by atoms with Crippen LogP contribution in [0.1, 0.15) is 39.0 Å². The van der Waals surface area contributed by atoms with Crippen LogP contribution in [-0.2, 0) is 6.54 Å². The standard InChI is InChI=1S/C11H14N2.2C2H6/c1-8-3-4-11-9(5-8)6-10(13-11)7-12-2;2*1-2/h3-6,12-13H,7H2,1-2H3;2*1-2H3. The van der Waals surface area contributed by atoms with Crippen molar-refractivity contribution in [3.8, 4) is 0 Å². The van der Waals surface area contributed by atoms with Gasteiger partial charge in [0.2, 0.25) is 0 Å². The van der Waals surface area contributed by atoms with Crippen LogP contribution < -0.4 is 5.32 Å². The third-order valence-corrected chi connectivity index (χ3v) is 2.20. The minimum absolute atomic E-state index is 0.897. The Morgan fingerprint density at radius 2 is 1.71 bits per heavy atom. The van der Waals surface area contributed by atoms with Gasteiger partial charge in [-0.15, -0.1) is 0 Å². The molecule has 2 heteroatoms. The normalized spacial score (nSPS) is 9.06. The van der Waals surface area contributed by atoms with Gasteiger partial charge in [-0.05, 0) is 37.6 Å². The zero-order valence-corrected chi connectivity index (χ0v) is 12.0. The van der Waals surface area contributed by atoms with Gasteiger partial charge in [-0.1, -0.05) is 39.3 Å². The number of aromatic nitrogens is 1. The van der Waals surface area contributed by atoms with E-state index in [0.29, 0.717) is 0 Å². The Morgan fingerprint density at radius 1 is 1.06 bits per heavy atom. The molecule has 1 aromatic carbocycles. The van der Waals surface area contributed by atoms with Gasteiger partial charge in [-0.3, -0.25) is 0 Å². The average Bonchev–Trinajstić information content (AvgIpc) is 2.76. The van der Waals surface area contributed by atoms with E-state index in [-0.39, 0.29) is 0 Å². The maximum Gasteiger partial charge on any atom is 0.0456 e. The number of H-pyrrole nitrogens is 1. The van der Waals surface area contributed by atoms with Gasteiger partial charge in [0.25, 0.3) is 0 Å². The fraction of sp³-hybridized carbons (Fsp3) is 0.467. The predicted molar refractivity (Wildman–Crippen MR) is 78.5 cm³/mol. The Bertz CT molecular complexity index is 416. The van der Waals surface area contributed by atoms with E-state index in [1.54, 1.807) is 0 Å². The fourth-order valence-corrected chi connectivity index (χ4v) is 1.60. The summed E-state index contributed by atoms with van der Waals surface area (Å²) in [7, 11) is 1.96. The lowest BCUT2D eigenvalue weighted by atomic mass is 10.2. The van der Waals surface area contributed by atoms with Crippen LogP contribution in [0.5, 0.6) is 0 Å². The summed E-state index contributed by atoms with van der Waals surface area (Å²) in [6.07, 6.45) is 0. The minimum atomic E-state index is 0.897. The number of hydrogen-bond acceptors (Lipinski definition) is 1. The Hall–Kier alpha value is -1.28. The van der Waals surface area contributed by atoms with Crippen LogP contribution in [-0.4, -0.2) is 12.0 Å². The number of nitrogens with one attached hydrogen (secondary N) is 2. The third-order valence-electron chi connectivity index (χ3n) is 2.20. The van der Waals surface area contributed by atoms with Crippen LogP contribution in [0.25, 0.3) is 10.9 Å². The first-order valence-electron chi connectivity index (χ1n) is 6.52. The fourth-order valence-electron chi connectivity index (χ4n) is 1.60. The van der Waals surface area contributed by atoms with Crippen LogP contribution in [0.4, 0.5) is 0 Å². The van der Waals surface area contributed by atoms with Crippen LogP contribution >= 0.6 is 0 Å². The summed E-state index contributed by atoms with van der Waals surface area (Å²) in [6.45, 7) is 11.0. The highest BCUT2D eigenvalue weighted by Gasteiger charge is 1.98. The van der Waals surface area contributed by atoms with Gasteiger partial charge in [0, 0.05) is 17.8 Å². The summed E-state index contributed by atoms with van der Waals surface area (Å²) >= 11 is 0. The Labute approximate surface area is 105 Å². The molecule has 0 spiro atoms. The van der Waals surface area contributed by atoms with E-state index in [9.17, 15) is 0 Å².